The summed E-state index contributed by atoms with van der Waals surface area (Å²) in [4.78, 5) is 20.4. The molecule has 0 bridgehead atoms. The normalized spacial score (nSPS) is 11.7. The van der Waals surface area contributed by atoms with Crippen molar-refractivity contribution >= 4 is 17.3 Å². The Morgan fingerprint density at radius 3 is 2.62 bits per heavy atom. The minimum absolute atomic E-state index is 0.0957. The molecule has 0 atom stereocenters. The molecule has 1 amide bonds. The first-order valence-corrected chi connectivity index (χ1v) is 8.54. The van der Waals surface area contributed by atoms with Crippen LogP contribution >= 0.6 is 0 Å². The average molecular weight is 401 g/mol. The monoisotopic (exact) mass is 401 g/mol. The lowest BCUT2D eigenvalue weighted by Crippen LogP contribution is -2.18. The number of anilines is 1. The molecule has 0 fully saturated rings. The summed E-state index contributed by atoms with van der Waals surface area (Å²) >= 11 is 0. The van der Waals surface area contributed by atoms with E-state index in [0.717, 1.165) is 6.07 Å². The number of aryl methyl sites for hydroxylation is 1. The first kappa shape index (κ1) is 18.7. The number of carbonyl (C=O) groups excluding carboxylic acids is 1. The van der Waals surface area contributed by atoms with Crippen molar-refractivity contribution in [3.63, 3.8) is 0 Å². The Balaban J connectivity index is 1.47. The maximum atomic E-state index is 13.0. The molecule has 148 valence electrons. The summed E-state index contributed by atoms with van der Waals surface area (Å²) < 4.78 is 46.2. The van der Waals surface area contributed by atoms with Gasteiger partial charge in [-0.05, 0) is 30.7 Å². The Hall–Kier alpha value is -3.69. The quantitative estimate of drug-likeness (QED) is 0.561. The van der Waals surface area contributed by atoms with Crippen LogP contribution in [0.5, 0.6) is 0 Å². The van der Waals surface area contributed by atoms with E-state index in [4.69, 9.17) is 4.42 Å². The van der Waals surface area contributed by atoms with Gasteiger partial charge in [0, 0.05) is 0 Å². The predicted molar refractivity (Wildman–Crippen MR) is 97.0 cm³/mol. The second kappa shape index (κ2) is 7.04. The van der Waals surface area contributed by atoms with E-state index in [-0.39, 0.29) is 11.5 Å². The van der Waals surface area contributed by atoms with Crippen LogP contribution in [0.3, 0.4) is 0 Å². The van der Waals surface area contributed by atoms with Gasteiger partial charge < -0.3 is 9.73 Å². The zero-order chi connectivity index (χ0) is 20.6. The molecule has 3 aromatic heterocycles. The first-order valence-electron chi connectivity index (χ1n) is 8.54. The maximum absolute atomic E-state index is 13.0. The smallest absolute Gasteiger partial charge is 0.415 e. The van der Waals surface area contributed by atoms with E-state index in [1.54, 1.807) is 25.3 Å². The Bertz CT molecular complexity index is 1180. The summed E-state index contributed by atoms with van der Waals surface area (Å²) in [6, 6.07) is 8.15. The number of alkyl halides is 3. The number of carbonyl (C=O) groups is 1. The zero-order valence-electron chi connectivity index (χ0n) is 15.1. The Kier molecular flexibility index (Phi) is 4.53. The molecule has 29 heavy (non-hydrogen) atoms. The van der Waals surface area contributed by atoms with E-state index in [2.05, 4.69) is 20.4 Å². The lowest BCUT2D eigenvalue weighted by atomic mass is 10.0. The summed E-state index contributed by atoms with van der Waals surface area (Å²) in [5, 5.41) is 6.80. The van der Waals surface area contributed by atoms with Gasteiger partial charge in [0.2, 0.25) is 11.6 Å². The van der Waals surface area contributed by atoms with Gasteiger partial charge in [0.1, 0.15) is 11.5 Å². The fourth-order valence-corrected chi connectivity index (χ4v) is 2.85. The maximum Gasteiger partial charge on any atom is 0.416 e. The molecule has 0 aliphatic carbocycles. The van der Waals surface area contributed by atoms with Crippen molar-refractivity contribution in [2.45, 2.75) is 19.5 Å². The van der Waals surface area contributed by atoms with Gasteiger partial charge in [-0.2, -0.15) is 17.7 Å². The van der Waals surface area contributed by atoms with Crippen LogP contribution in [0, 0.1) is 6.92 Å². The molecule has 0 saturated heterocycles. The zero-order valence-corrected chi connectivity index (χ0v) is 15.1. The number of nitrogens with one attached hydrogen (secondary N) is 1. The second-order valence-electron chi connectivity index (χ2n) is 6.27. The van der Waals surface area contributed by atoms with Gasteiger partial charge in [-0.3, -0.25) is 4.79 Å². The standard InChI is InChI=1S/C19H14F3N5O2/c1-11-23-10-17-27(11)26-18(29-17)15-7-6-13(9-24-15)25-16(28)8-12-4-2-3-5-14(12)19(20,21)22/h2-7,9-10H,8H2,1H3,(H,25,28). The first-order chi connectivity index (χ1) is 13.8. The Morgan fingerprint density at radius 1 is 1.14 bits per heavy atom. The summed E-state index contributed by atoms with van der Waals surface area (Å²) in [5.41, 5.74) is 0.336. The lowest BCUT2D eigenvalue weighted by Gasteiger charge is -2.12. The van der Waals surface area contributed by atoms with Crippen LogP contribution in [0.1, 0.15) is 17.0 Å². The number of amides is 1. The number of halogens is 3. The van der Waals surface area contributed by atoms with Crippen LogP contribution in [0.2, 0.25) is 0 Å². The SMILES string of the molecule is Cc1ncc2oc(-c3ccc(NC(=O)Cc4ccccc4C(F)(F)F)cn3)nn12. The number of nitrogens with zero attached hydrogens (tertiary/aromatic N) is 4. The van der Waals surface area contributed by atoms with Crippen LogP contribution < -0.4 is 5.32 Å². The molecule has 0 saturated carbocycles. The van der Waals surface area contributed by atoms with Gasteiger partial charge in [0.05, 0.1) is 30.1 Å². The van der Waals surface area contributed by atoms with Crippen molar-refractivity contribution in [2.24, 2.45) is 0 Å². The van der Waals surface area contributed by atoms with Crippen LogP contribution in [0.4, 0.5) is 18.9 Å². The molecule has 0 aliphatic rings. The molecule has 10 heteroatoms. The number of imidazole rings is 1. The van der Waals surface area contributed by atoms with Crippen LogP contribution in [-0.2, 0) is 17.4 Å². The van der Waals surface area contributed by atoms with E-state index >= 15 is 0 Å². The van der Waals surface area contributed by atoms with Crippen molar-refractivity contribution in [3.05, 3.63) is 65.7 Å². The number of rotatable bonds is 4. The van der Waals surface area contributed by atoms with Crippen LogP contribution in [-0.4, -0.2) is 25.5 Å². The van der Waals surface area contributed by atoms with E-state index in [1.807, 2.05) is 0 Å². The highest BCUT2D eigenvalue weighted by molar-refractivity contribution is 5.92. The van der Waals surface area contributed by atoms with Crippen molar-refractivity contribution < 1.29 is 22.4 Å². The molecular formula is C19H14F3N5O2. The molecule has 4 aromatic rings. The van der Waals surface area contributed by atoms with Gasteiger partial charge in [0.15, 0.2) is 0 Å². The van der Waals surface area contributed by atoms with Crippen molar-refractivity contribution in [3.8, 4) is 11.6 Å². The van der Waals surface area contributed by atoms with E-state index in [9.17, 15) is 18.0 Å². The molecule has 7 nitrogen and oxygen atoms in total. The number of pyridine rings is 1. The number of hydrogen-bond acceptors (Lipinski definition) is 5. The van der Waals surface area contributed by atoms with Crippen molar-refractivity contribution in [2.75, 3.05) is 5.32 Å². The molecule has 4 rings (SSSR count). The fourth-order valence-electron chi connectivity index (χ4n) is 2.85. The van der Waals surface area contributed by atoms with Crippen molar-refractivity contribution in [1.29, 1.82) is 0 Å². The lowest BCUT2D eigenvalue weighted by molar-refractivity contribution is -0.138. The van der Waals surface area contributed by atoms with E-state index in [0.29, 0.717) is 22.9 Å². The van der Waals surface area contributed by atoms with Gasteiger partial charge in [-0.15, -0.1) is 5.10 Å². The number of aromatic nitrogens is 4. The molecule has 0 radical (unpaired) electrons. The van der Waals surface area contributed by atoms with Crippen LogP contribution in [0.25, 0.3) is 17.3 Å². The van der Waals surface area contributed by atoms with Crippen molar-refractivity contribution in [1.82, 2.24) is 19.6 Å². The fraction of sp³-hybridized carbons (Fsp3) is 0.158. The highest BCUT2D eigenvalue weighted by atomic mass is 19.4. The molecule has 3 heterocycles. The molecule has 1 aromatic carbocycles. The average Bonchev–Trinajstić information content (AvgIpc) is 3.24. The number of hydrogen-bond donors (Lipinski definition) is 1. The third-order valence-corrected chi connectivity index (χ3v) is 4.21. The van der Waals surface area contributed by atoms with Gasteiger partial charge in [-0.1, -0.05) is 18.2 Å². The van der Waals surface area contributed by atoms with E-state index < -0.39 is 24.1 Å². The Morgan fingerprint density at radius 2 is 1.93 bits per heavy atom. The van der Waals surface area contributed by atoms with Crippen LogP contribution in [0.15, 0.2) is 53.2 Å². The largest absolute Gasteiger partial charge is 0.416 e. The van der Waals surface area contributed by atoms with Gasteiger partial charge in [0.25, 0.3) is 5.89 Å². The topological polar surface area (TPSA) is 85.3 Å². The highest BCUT2D eigenvalue weighted by Crippen LogP contribution is 2.32. The second-order valence-corrected chi connectivity index (χ2v) is 6.27. The minimum atomic E-state index is -4.52. The summed E-state index contributed by atoms with van der Waals surface area (Å²) in [5.74, 6) is 0.365. The predicted octanol–water partition coefficient (Wildman–Crippen LogP) is 3.89. The highest BCUT2D eigenvalue weighted by Gasteiger charge is 2.33. The summed E-state index contributed by atoms with van der Waals surface area (Å²) in [6.45, 7) is 1.78. The molecule has 0 spiro atoms. The molecule has 1 N–H and O–H groups in total. The van der Waals surface area contributed by atoms with Gasteiger partial charge in [-0.25, -0.2) is 9.97 Å². The third kappa shape index (κ3) is 3.82. The number of fused-ring (bicyclic) bond motifs is 1. The minimum Gasteiger partial charge on any atom is -0.415 e. The summed E-state index contributed by atoms with van der Waals surface area (Å²) in [7, 11) is 0. The molecular weight excluding hydrogens is 387 g/mol. The molecule has 0 unspecified atom stereocenters. The number of benzene rings is 1. The van der Waals surface area contributed by atoms with E-state index in [1.165, 1.54) is 28.9 Å². The Labute approximate surface area is 162 Å². The van der Waals surface area contributed by atoms with Gasteiger partial charge >= 0.3 is 6.18 Å². The summed E-state index contributed by atoms with van der Waals surface area (Å²) in [6.07, 6.45) is -2.00. The molecule has 0 aliphatic heterocycles. The third-order valence-electron chi connectivity index (χ3n) is 4.21.